The summed E-state index contributed by atoms with van der Waals surface area (Å²) in [5, 5.41) is 13.2. The second-order valence-electron chi connectivity index (χ2n) is 17.0. The molecule has 0 N–H and O–H groups in total. The topological polar surface area (TPSA) is 134 Å². The molecule has 0 fully saturated rings. The molecule has 320 valence electrons. The molecule has 13 nitrogen and oxygen atoms in total. The van der Waals surface area contributed by atoms with Crippen LogP contribution in [0, 0.1) is 31.6 Å². The fourth-order valence-electron chi connectivity index (χ4n) is 7.03. The second-order valence-corrected chi connectivity index (χ2v) is 19.2. The van der Waals surface area contributed by atoms with Crippen LogP contribution in [0.2, 0.25) is 0 Å². The molecule has 8 aromatic rings. The van der Waals surface area contributed by atoms with E-state index in [0.717, 1.165) is 64.2 Å². The average molecular weight is 842 g/mol. The van der Waals surface area contributed by atoms with Crippen LogP contribution in [0.1, 0.15) is 69.6 Å². The van der Waals surface area contributed by atoms with Crippen LogP contribution in [0.25, 0.3) is 39.1 Å². The quantitative estimate of drug-likeness (QED) is 0.126. The van der Waals surface area contributed by atoms with Gasteiger partial charge in [-0.2, -0.15) is 15.3 Å². The van der Waals surface area contributed by atoms with E-state index >= 15 is 0 Å². The van der Waals surface area contributed by atoms with Crippen LogP contribution < -0.4 is 0 Å². The highest BCUT2D eigenvalue weighted by Gasteiger charge is 2.20. The van der Waals surface area contributed by atoms with Gasteiger partial charge in [0, 0.05) is 52.1 Å². The zero-order valence-corrected chi connectivity index (χ0v) is 38.1. The molecule has 0 aliphatic heterocycles. The average Bonchev–Trinajstić information content (AvgIpc) is 4.03. The van der Waals surface area contributed by atoms with Crippen LogP contribution in [0.4, 0.5) is 0 Å². The van der Waals surface area contributed by atoms with E-state index < -0.39 is 10.0 Å². The highest BCUT2D eigenvalue weighted by molar-refractivity contribution is 7.89. The number of rotatable bonds is 11. The van der Waals surface area contributed by atoms with Gasteiger partial charge in [0.15, 0.2) is 0 Å². The molecule has 3 aromatic carbocycles. The molecular weight excluding hydrogens is 783 g/mol. The summed E-state index contributed by atoms with van der Waals surface area (Å²) in [4.78, 5) is 13.4. The van der Waals surface area contributed by atoms with E-state index in [2.05, 4.69) is 107 Å². The smallest absolute Gasteiger partial charge is 0.242 e. The maximum Gasteiger partial charge on any atom is 0.242 e. The number of sulfonamides is 1. The minimum Gasteiger partial charge on any atom is -0.331 e. The summed E-state index contributed by atoms with van der Waals surface area (Å²) in [6.07, 6.45) is 18.4. The Morgan fingerprint density at radius 3 is 1.51 bits per heavy atom. The zero-order chi connectivity index (χ0) is 44.0. The Morgan fingerprint density at radius 1 is 0.590 bits per heavy atom. The van der Waals surface area contributed by atoms with Gasteiger partial charge in [0.1, 0.15) is 5.82 Å². The van der Waals surface area contributed by atoms with Crippen molar-refractivity contribution < 1.29 is 8.42 Å². The van der Waals surface area contributed by atoms with Crippen molar-refractivity contribution in [1.29, 1.82) is 0 Å². The summed E-state index contributed by atoms with van der Waals surface area (Å²) >= 11 is 0. The fraction of sp³-hybridized carbons (Fsp3) is 0.362. The van der Waals surface area contributed by atoms with E-state index in [1.807, 2.05) is 72.4 Å². The first-order valence-electron chi connectivity index (χ1n) is 20.8. The molecule has 0 aliphatic carbocycles. The maximum atomic E-state index is 12.2. The van der Waals surface area contributed by atoms with Crippen molar-refractivity contribution in [2.75, 3.05) is 14.1 Å². The van der Waals surface area contributed by atoms with Gasteiger partial charge in [-0.15, -0.1) is 0 Å². The van der Waals surface area contributed by atoms with Gasteiger partial charge in [0.2, 0.25) is 10.0 Å². The Morgan fingerprint density at radius 2 is 1.03 bits per heavy atom. The minimum atomic E-state index is -3.41. The number of imidazole rings is 1. The number of aryl methyl sites for hydroxylation is 3. The van der Waals surface area contributed by atoms with E-state index in [0.29, 0.717) is 28.2 Å². The molecule has 0 atom stereocenters. The molecule has 0 unspecified atom stereocenters. The lowest BCUT2D eigenvalue weighted by Gasteiger charge is -2.14. The predicted octanol–water partition coefficient (Wildman–Crippen LogP) is 8.91. The number of hydrogen-bond acceptors (Lipinski definition) is 8. The summed E-state index contributed by atoms with van der Waals surface area (Å²) in [6, 6.07) is 17.5. The van der Waals surface area contributed by atoms with Gasteiger partial charge in [-0.1, -0.05) is 41.5 Å². The van der Waals surface area contributed by atoms with Crippen LogP contribution in [-0.2, 0) is 36.3 Å². The van der Waals surface area contributed by atoms with Crippen LogP contribution in [0.3, 0.4) is 0 Å². The highest BCUT2D eigenvalue weighted by Crippen LogP contribution is 2.23. The second kappa shape index (κ2) is 19.2. The van der Waals surface area contributed by atoms with Gasteiger partial charge in [0.05, 0.1) is 62.6 Å². The summed E-state index contributed by atoms with van der Waals surface area (Å²) in [5.74, 6) is 2.89. The number of nitrogens with zero attached hydrogens (tertiary/aromatic N) is 11. The molecule has 0 spiro atoms. The van der Waals surface area contributed by atoms with Gasteiger partial charge in [0.25, 0.3) is 0 Å². The first-order chi connectivity index (χ1) is 29.0. The standard InChI is InChI=1S/C16H20N4.C16H23N3O2S.C15H16N4/c1-11(2)7-13-9-17-20(10-13)14-5-6-15-16(8-14)19(4)12(3)18-15;1-12(2)8-14-10-17-19(11-14)15-6-7-16(13(3)9-15)22(20,21)18(4)5;1-11(2)7-12-9-18-19(10-12)13-3-4-14-15(8-13)17-6-5-16-14/h5-6,8-11H,7H2,1-4H3;6-7,9-12H,8H2,1-5H3;3-6,8-11H,7H2,1-2H3. The van der Waals surface area contributed by atoms with Gasteiger partial charge in [-0.3, -0.25) is 9.97 Å². The van der Waals surface area contributed by atoms with Crippen LogP contribution >= 0.6 is 0 Å². The first-order valence-corrected chi connectivity index (χ1v) is 22.2. The van der Waals surface area contributed by atoms with Crippen LogP contribution in [-0.4, -0.2) is 75.7 Å². The normalized spacial score (nSPS) is 11.8. The summed E-state index contributed by atoms with van der Waals surface area (Å²) in [6.45, 7) is 17.0. The third kappa shape index (κ3) is 11.0. The Labute approximate surface area is 360 Å². The molecule has 5 aromatic heterocycles. The van der Waals surface area contributed by atoms with Crippen molar-refractivity contribution in [3.05, 3.63) is 132 Å². The van der Waals surface area contributed by atoms with E-state index in [1.165, 1.54) is 35.1 Å². The minimum absolute atomic E-state index is 0.329. The molecule has 5 heterocycles. The van der Waals surface area contributed by atoms with E-state index in [-0.39, 0.29) is 0 Å². The third-order valence-corrected chi connectivity index (χ3v) is 12.1. The lowest BCUT2D eigenvalue weighted by atomic mass is 10.1. The molecule has 8 rings (SSSR count). The van der Waals surface area contributed by atoms with E-state index in [1.54, 1.807) is 36.1 Å². The van der Waals surface area contributed by atoms with Gasteiger partial charge < -0.3 is 4.57 Å². The molecular formula is C47H59N11O2S. The lowest BCUT2D eigenvalue weighted by molar-refractivity contribution is 0.520. The van der Waals surface area contributed by atoms with Gasteiger partial charge >= 0.3 is 0 Å². The predicted molar refractivity (Wildman–Crippen MR) is 244 cm³/mol. The Hall–Kier alpha value is -5.99. The van der Waals surface area contributed by atoms with Crippen molar-refractivity contribution in [2.24, 2.45) is 24.8 Å². The largest absolute Gasteiger partial charge is 0.331 e. The maximum absolute atomic E-state index is 12.2. The summed E-state index contributed by atoms with van der Waals surface area (Å²) in [5.41, 5.74) is 11.4. The van der Waals surface area contributed by atoms with Crippen LogP contribution in [0.15, 0.2) is 109 Å². The van der Waals surface area contributed by atoms with Gasteiger partial charge in [-0.25, -0.2) is 31.8 Å². The number of fused-ring (bicyclic) bond motifs is 2. The summed E-state index contributed by atoms with van der Waals surface area (Å²) in [7, 11) is 1.70. The molecule has 0 saturated heterocycles. The van der Waals surface area contributed by atoms with E-state index in [9.17, 15) is 8.42 Å². The van der Waals surface area contributed by atoms with Crippen molar-refractivity contribution in [3.63, 3.8) is 0 Å². The van der Waals surface area contributed by atoms with Crippen LogP contribution in [0.5, 0.6) is 0 Å². The SMILES string of the molecule is CC(C)Cc1cnn(-c2ccc3nccnc3c2)c1.Cc1cc(-n2cc(CC(C)C)cn2)ccc1S(=O)(=O)N(C)C.Cc1nc2ccc(-n3cc(CC(C)C)cn3)cc2n1C. The lowest BCUT2D eigenvalue weighted by Crippen LogP contribution is -2.23. The van der Waals surface area contributed by atoms with E-state index in [4.69, 9.17) is 0 Å². The van der Waals surface area contributed by atoms with Crippen molar-refractivity contribution in [3.8, 4) is 17.1 Å². The molecule has 0 amide bonds. The van der Waals surface area contributed by atoms with Gasteiger partial charge in [-0.05, 0) is 128 Å². The fourth-order valence-corrected chi connectivity index (χ4v) is 8.13. The van der Waals surface area contributed by atoms with Crippen molar-refractivity contribution in [2.45, 2.75) is 79.5 Å². The molecule has 61 heavy (non-hydrogen) atoms. The number of hydrogen-bond donors (Lipinski definition) is 0. The van der Waals surface area contributed by atoms with Crippen molar-refractivity contribution >= 4 is 32.1 Å². The molecule has 0 radical (unpaired) electrons. The molecule has 14 heteroatoms. The number of benzene rings is 3. The summed E-state index contributed by atoms with van der Waals surface area (Å²) < 4.78 is 33.4. The molecule has 0 aliphatic rings. The number of aromatic nitrogens is 10. The Kier molecular flexibility index (Phi) is 14.0. The molecule has 0 saturated carbocycles. The Balaban J connectivity index is 0.000000153. The Bertz CT molecular complexity index is 2830. The zero-order valence-electron chi connectivity index (χ0n) is 37.3. The first kappa shape index (κ1) is 44.6. The van der Waals surface area contributed by atoms with Crippen molar-refractivity contribution in [1.82, 2.24) is 53.2 Å². The third-order valence-electron chi connectivity index (χ3n) is 10.1. The molecule has 0 bridgehead atoms. The monoisotopic (exact) mass is 841 g/mol. The highest BCUT2D eigenvalue weighted by atomic mass is 32.2.